The molecule has 0 aromatic heterocycles. The van der Waals surface area contributed by atoms with E-state index < -0.39 is 26.5 Å². The van der Waals surface area contributed by atoms with Crippen LogP contribution in [0.1, 0.15) is 386 Å². The molecule has 0 spiro atoms. The van der Waals surface area contributed by atoms with Gasteiger partial charge in [-0.1, -0.05) is 381 Å². The number of carbonyl (C=O) groups is 2. The van der Waals surface area contributed by atoms with Crippen LogP contribution in [0, 0.1) is 0 Å². The van der Waals surface area contributed by atoms with Crippen LogP contribution in [0.4, 0.5) is 0 Å². The molecule has 0 amide bonds. The van der Waals surface area contributed by atoms with Gasteiger partial charge in [-0.05, 0) is 89.9 Å². The average molecular weight is 1360 g/mol. The van der Waals surface area contributed by atoms with Crippen molar-refractivity contribution in [2.45, 2.75) is 392 Å². The summed E-state index contributed by atoms with van der Waals surface area (Å²) in [5.74, 6) is -0.813. The Kier molecular flexibility index (Phi) is 73.7. The summed E-state index contributed by atoms with van der Waals surface area (Å²) in [7, 11) is 1.18. The number of hydrogen-bond acceptors (Lipinski definition) is 8. The number of phosphoric acid groups is 1. The third-order valence-corrected chi connectivity index (χ3v) is 19.1. The first kappa shape index (κ1) is 92.9. The van der Waals surface area contributed by atoms with Gasteiger partial charge in [-0.3, -0.25) is 14.2 Å². The molecule has 0 rings (SSSR count). The number of rotatable bonds is 76. The zero-order valence-electron chi connectivity index (χ0n) is 63.8. The minimum absolute atomic E-state index is 0.0299. The number of quaternary nitrogens is 1. The molecule has 2 unspecified atom stereocenters. The van der Waals surface area contributed by atoms with Gasteiger partial charge in [0.15, 0.2) is 6.10 Å². The van der Waals surface area contributed by atoms with Gasteiger partial charge in [-0.2, -0.15) is 0 Å². The van der Waals surface area contributed by atoms with Crippen molar-refractivity contribution >= 4 is 19.8 Å². The van der Waals surface area contributed by atoms with Gasteiger partial charge in [0.05, 0.1) is 27.7 Å². The topological polar surface area (TPSA) is 111 Å². The van der Waals surface area contributed by atoms with Crippen LogP contribution >= 0.6 is 7.82 Å². The molecule has 0 radical (unpaired) electrons. The molecular formula is C86H156NO8P. The van der Waals surface area contributed by atoms with Crippen molar-refractivity contribution in [1.29, 1.82) is 0 Å². The number of esters is 2. The minimum Gasteiger partial charge on any atom is -0.756 e. The van der Waals surface area contributed by atoms with Crippen LogP contribution in [0.25, 0.3) is 0 Å². The zero-order chi connectivity index (χ0) is 69.7. The van der Waals surface area contributed by atoms with E-state index in [0.717, 1.165) is 83.5 Å². The quantitative estimate of drug-likeness (QED) is 0.0195. The molecule has 2 atom stereocenters. The molecule has 0 aliphatic carbocycles. The summed E-state index contributed by atoms with van der Waals surface area (Å²) in [5, 5.41) is 0. The zero-order valence-corrected chi connectivity index (χ0v) is 64.7. The van der Waals surface area contributed by atoms with E-state index in [2.05, 4.69) is 111 Å². The van der Waals surface area contributed by atoms with Crippen molar-refractivity contribution in [1.82, 2.24) is 0 Å². The van der Waals surface area contributed by atoms with Gasteiger partial charge in [0.1, 0.15) is 19.8 Å². The Balaban J connectivity index is 3.90. The molecule has 0 heterocycles. The second kappa shape index (κ2) is 76.1. The monoisotopic (exact) mass is 1360 g/mol. The van der Waals surface area contributed by atoms with Gasteiger partial charge in [0, 0.05) is 12.8 Å². The lowest BCUT2D eigenvalue weighted by atomic mass is 10.0. The van der Waals surface area contributed by atoms with Crippen molar-refractivity contribution in [2.75, 3.05) is 47.5 Å². The fraction of sp³-hybridized carbons (Fsp3) is 0.791. The van der Waals surface area contributed by atoms with Crippen LogP contribution in [-0.2, 0) is 32.7 Å². The highest BCUT2D eigenvalue weighted by Gasteiger charge is 2.22. The largest absolute Gasteiger partial charge is 0.756 e. The maximum absolute atomic E-state index is 12.9. The predicted molar refractivity (Wildman–Crippen MR) is 416 cm³/mol. The Hall–Kier alpha value is -3.07. The van der Waals surface area contributed by atoms with E-state index in [4.69, 9.17) is 18.5 Å². The van der Waals surface area contributed by atoms with Gasteiger partial charge in [-0.15, -0.1) is 0 Å². The maximum atomic E-state index is 12.9. The van der Waals surface area contributed by atoms with Gasteiger partial charge in [0.2, 0.25) is 0 Å². The van der Waals surface area contributed by atoms with Crippen LogP contribution in [0.2, 0.25) is 0 Å². The normalized spacial score (nSPS) is 13.5. The van der Waals surface area contributed by atoms with Crippen LogP contribution < -0.4 is 4.89 Å². The van der Waals surface area contributed by atoms with Crippen molar-refractivity contribution in [2.24, 2.45) is 0 Å². The van der Waals surface area contributed by atoms with Gasteiger partial charge < -0.3 is 27.9 Å². The third kappa shape index (κ3) is 79.9. The lowest BCUT2D eigenvalue weighted by Crippen LogP contribution is -2.37. The number of likely N-dealkylation sites (N-methyl/N-ethyl adjacent to an activating group) is 1. The van der Waals surface area contributed by atoms with Crippen LogP contribution in [0.3, 0.4) is 0 Å². The molecule has 0 aromatic rings. The van der Waals surface area contributed by atoms with Gasteiger partial charge in [0.25, 0.3) is 7.82 Å². The predicted octanol–water partition coefficient (Wildman–Crippen LogP) is 26.8. The second-order valence-corrected chi connectivity index (χ2v) is 30.1. The molecule has 0 saturated heterocycles. The first-order valence-corrected chi connectivity index (χ1v) is 42.4. The van der Waals surface area contributed by atoms with E-state index in [-0.39, 0.29) is 32.0 Å². The smallest absolute Gasteiger partial charge is 0.306 e. The summed E-state index contributed by atoms with van der Waals surface area (Å²) in [4.78, 5) is 38.2. The number of nitrogens with zero attached hydrogens (tertiary/aromatic N) is 1. The first-order chi connectivity index (χ1) is 47.0. The molecule has 0 bridgehead atoms. The Morgan fingerprint density at radius 2 is 0.562 bits per heavy atom. The first-order valence-electron chi connectivity index (χ1n) is 40.9. The van der Waals surface area contributed by atoms with Crippen molar-refractivity contribution in [3.63, 3.8) is 0 Å². The van der Waals surface area contributed by atoms with E-state index in [1.165, 1.54) is 270 Å². The molecule has 558 valence electrons. The number of unbranched alkanes of at least 4 members (excludes halogenated alkanes) is 46. The molecular weight excluding hydrogens is 1210 g/mol. The highest BCUT2D eigenvalue weighted by atomic mass is 31.2. The highest BCUT2D eigenvalue weighted by molar-refractivity contribution is 7.45. The van der Waals surface area contributed by atoms with Crippen LogP contribution in [0.5, 0.6) is 0 Å². The van der Waals surface area contributed by atoms with Gasteiger partial charge >= 0.3 is 11.9 Å². The number of hydrogen-bond donors (Lipinski definition) is 0. The van der Waals surface area contributed by atoms with E-state index in [1.807, 2.05) is 21.1 Å². The molecule has 0 aliphatic heterocycles. The lowest BCUT2D eigenvalue weighted by Gasteiger charge is -2.28. The van der Waals surface area contributed by atoms with Crippen LogP contribution in [0.15, 0.2) is 97.2 Å². The van der Waals surface area contributed by atoms with Crippen molar-refractivity contribution in [3.8, 4) is 0 Å². The van der Waals surface area contributed by atoms with E-state index in [0.29, 0.717) is 17.4 Å². The Bertz CT molecular complexity index is 1940. The Labute approximate surface area is 595 Å². The Morgan fingerprint density at radius 3 is 0.833 bits per heavy atom. The molecule has 10 heteroatoms. The summed E-state index contributed by atoms with van der Waals surface area (Å²) < 4.78 is 34.4. The molecule has 0 aromatic carbocycles. The SMILES string of the molecule is CC/C=C\C/C=C\C/C=C\C/C=C\CCCCCCCCCCCCCCCCCCCCCCCCCCCCC(=O)OC(COC(=O)CCCCCCCCCCCCCCCCCCCCCC/C=C\C/C=C\C/C=C\C/C=C\CC)COP(=O)([O-])OCC[N+](C)(C)C. The van der Waals surface area contributed by atoms with Crippen molar-refractivity contribution < 1.29 is 42.1 Å². The van der Waals surface area contributed by atoms with Crippen molar-refractivity contribution in [3.05, 3.63) is 97.2 Å². The second-order valence-electron chi connectivity index (χ2n) is 28.7. The molecule has 0 fully saturated rings. The minimum atomic E-state index is -4.65. The van der Waals surface area contributed by atoms with Gasteiger partial charge in [-0.25, -0.2) is 0 Å². The summed E-state index contributed by atoms with van der Waals surface area (Å²) in [6.07, 6.45) is 107. The standard InChI is InChI=1S/C86H156NO8P/c1-6-8-10-12-14-16-18-20-22-24-26-28-30-32-34-36-38-40-41-42-43-44-45-47-49-51-53-55-57-59-61-63-65-67-69-71-73-75-77-79-86(89)95-84(83-94-96(90,91)93-81-80-87(3,4)5)82-92-85(88)78-76-74-72-70-68-66-64-62-60-58-56-54-52-50-48-46-39-37-35-33-31-29-27-25-23-21-19-17-15-13-11-9-7-2/h8-11,14-17,20-23,26-29,84H,6-7,12-13,18-19,24-25,30-83H2,1-5H3/b10-8-,11-9-,16-14-,17-15-,22-20-,23-21-,28-26-,29-27-. The number of phosphoric ester groups is 1. The van der Waals surface area contributed by atoms with E-state index in [1.54, 1.807) is 0 Å². The number of carbonyl (C=O) groups excluding carboxylic acids is 2. The average Bonchev–Trinajstić information content (AvgIpc) is 1.98. The summed E-state index contributed by atoms with van der Waals surface area (Å²) in [6.45, 7) is 4.07. The highest BCUT2D eigenvalue weighted by Crippen LogP contribution is 2.38. The number of ether oxygens (including phenoxy) is 2. The fourth-order valence-corrected chi connectivity index (χ4v) is 12.7. The Morgan fingerprint density at radius 1 is 0.323 bits per heavy atom. The third-order valence-electron chi connectivity index (χ3n) is 18.1. The molecule has 0 N–H and O–H groups in total. The van der Waals surface area contributed by atoms with E-state index in [9.17, 15) is 19.0 Å². The summed E-state index contributed by atoms with van der Waals surface area (Å²) in [6, 6.07) is 0. The fourth-order valence-electron chi connectivity index (χ4n) is 11.9. The lowest BCUT2D eigenvalue weighted by molar-refractivity contribution is -0.870. The summed E-state index contributed by atoms with van der Waals surface area (Å²) in [5.41, 5.74) is 0. The molecule has 0 saturated carbocycles. The summed E-state index contributed by atoms with van der Waals surface area (Å²) >= 11 is 0. The molecule has 0 aliphatic rings. The van der Waals surface area contributed by atoms with E-state index >= 15 is 0 Å². The number of allylic oxidation sites excluding steroid dienone is 16. The van der Waals surface area contributed by atoms with Crippen LogP contribution in [-0.4, -0.2) is 70.0 Å². The molecule has 96 heavy (non-hydrogen) atoms. The maximum Gasteiger partial charge on any atom is 0.306 e. The molecule has 9 nitrogen and oxygen atoms in total.